The van der Waals surface area contributed by atoms with E-state index in [-0.39, 0.29) is 11.8 Å². The van der Waals surface area contributed by atoms with E-state index in [0.29, 0.717) is 24.4 Å². The molecule has 2 fully saturated rings. The molecule has 0 bridgehead atoms. The van der Waals surface area contributed by atoms with Gasteiger partial charge in [-0.1, -0.05) is 52.1 Å². The van der Waals surface area contributed by atoms with Gasteiger partial charge in [-0.3, -0.25) is 9.59 Å². The molecule has 0 N–H and O–H groups in total. The molecule has 2 saturated carbocycles. The monoisotopic (exact) mass is 406 g/mol. The standard InChI is InChI=1S/C22H38O3Si2/c1-26(2,3)21(15-17-11-7-9-13-19(17)23)25-22(27(4,5)6)16-18-12-8-10-14-20(18)24/h15-18H,7-14H2,1-6H3. The third-order valence-corrected chi connectivity index (χ3v) is 9.10. The highest BCUT2D eigenvalue weighted by atomic mass is 28.3. The van der Waals surface area contributed by atoms with Crippen molar-refractivity contribution < 1.29 is 14.3 Å². The number of rotatable bonds is 6. The number of hydrogen-bond acceptors (Lipinski definition) is 3. The molecule has 0 amide bonds. The molecule has 0 spiro atoms. The summed E-state index contributed by atoms with van der Waals surface area (Å²) >= 11 is 0. The second-order valence-corrected chi connectivity index (χ2v) is 20.3. The second kappa shape index (κ2) is 9.04. The summed E-state index contributed by atoms with van der Waals surface area (Å²) in [5, 5.41) is 2.05. The number of hydrogen-bond donors (Lipinski definition) is 0. The maximum Gasteiger partial charge on any atom is 0.139 e. The summed E-state index contributed by atoms with van der Waals surface area (Å²) in [7, 11) is -3.48. The van der Waals surface area contributed by atoms with E-state index in [1.807, 2.05) is 0 Å². The first-order valence-electron chi connectivity index (χ1n) is 10.7. The van der Waals surface area contributed by atoms with Gasteiger partial charge in [0.2, 0.25) is 0 Å². The second-order valence-electron chi connectivity index (χ2n) is 10.3. The quantitative estimate of drug-likeness (QED) is 0.398. The third kappa shape index (κ3) is 6.56. The Morgan fingerprint density at radius 2 is 1.11 bits per heavy atom. The Labute approximate surface area is 167 Å². The van der Waals surface area contributed by atoms with Crippen molar-refractivity contribution in [1.82, 2.24) is 0 Å². The summed E-state index contributed by atoms with van der Waals surface area (Å²) < 4.78 is 6.62. The molecule has 0 heterocycles. The van der Waals surface area contributed by atoms with Crippen LogP contribution in [0.1, 0.15) is 51.4 Å². The van der Waals surface area contributed by atoms with Gasteiger partial charge in [0.1, 0.15) is 27.7 Å². The SMILES string of the molecule is C[Si](C)(C)C(=CC1CCCCC1=O)OC(=CC1CCCCC1=O)[Si](C)(C)C. The minimum atomic E-state index is -1.74. The maximum atomic E-state index is 12.4. The van der Waals surface area contributed by atoms with Crippen LogP contribution in [0.5, 0.6) is 0 Å². The first-order valence-corrected chi connectivity index (χ1v) is 17.7. The number of carbonyl (C=O) groups excluding carboxylic acids is 2. The van der Waals surface area contributed by atoms with E-state index in [1.165, 1.54) is 0 Å². The lowest BCUT2D eigenvalue weighted by Crippen LogP contribution is -2.34. The van der Waals surface area contributed by atoms with E-state index in [0.717, 1.165) is 49.3 Å². The number of allylic oxidation sites excluding steroid dienone is 2. The van der Waals surface area contributed by atoms with E-state index >= 15 is 0 Å². The highest BCUT2D eigenvalue weighted by Gasteiger charge is 2.32. The Morgan fingerprint density at radius 1 is 0.741 bits per heavy atom. The topological polar surface area (TPSA) is 43.4 Å². The van der Waals surface area contributed by atoms with E-state index in [1.54, 1.807) is 0 Å². The van der Waals surface area contributed by atoms with Crippen LogP contribution >= 0.6 is 0 Å². The summed E-state index contributed by atoms with van der Waals surface area (Å²) in [5.41, 5.74) is 0. The minimum Gasteiger partial charge on any atom is -0.477 e. The van der Waals surface area contributed by atoms with E-state index < -0.39 is 16.1 Å². The van der Waals surface area contributed by atoms with Crippen LogP contribution in [0.25, 0.3) is 0 Å². The normalized spacial score (nSPS) is 26.3. The van der Waals surface area contributed by atoms with Crippen LogP contribution < -0.4 is 0 Å². The van der Waals surface area contributed by atoms with Crippen LogP contribution in [0.4, 0.5) is 0 Å². The Bertz CT molecular complexity index is 566. The first-order chi connectivity index (χ1) is 12.5. The minimum absolute atomic E-state index is 0.0136. The van der Waals surface area contributed by atoms with Crippen molar-refractivity contribution in [3.05, 3.63) is 22.9 Å². The summed E-state index contributed by atoms with van der Waals surface area (Å²) in [4.78, 5) is 24.7. The maximum absolute atomic E-state index is 12.4. The molecule has 2 aliphatic rings. The van der Waals surface area contributed by atoms with Crippen LogP contribution in [0, 0.1) is 11.8 Å². The Hall–Kier alpha value is -0.946. The fourth-order valence-corrected chi connectivity index (χ4v) is 6.07. The number of ether oxygens (including phenoxy) is 1. The van der Waals surface area contributed by atoms with Crippen LogP contribution in [-0.2, 0) is 14.3 Å². The lowest BCUT2D eigenvalue weighted by Gasteiger charge is -2.31. The Morgan fingerprint density at radius 3 is 1.41 bits per heavy atom. The molecule has 152 valence electrons. The fourth-order valence-electron chi connectivity index (χ4n) is 3.73. The van der Waals surface area contributed by atoms with E-state index in [2.05, 4.69) is 51.4 Å². The number of ketones is 2. The molecule has 0 aliphatic heterocycles. The van der Waals surface area contributed by atoms with Crippen molar-refractivity contribution in [2.24, 2.45) is 11.8 Å². The molecule has 0 radical (unpaired) electrons. The molecular weight excluding hydrogens is 368 g/mol. The smallest absolute Gasteiger partial charge is 0.139 e. The zero-order chi connectivity index (χ0) is 20.2. The molecule has 2 atom stereocenters. The van der Waals surface area contributed by atoms with Crippen molar-refractivity contribution >= 4 is 27.7 Å². The first kappa shape index (κ1) is 22.3. The van der Waals surface area contributed by atoms with Crippen LogP contribution in [0.15, 0.2) is 22.9 Å². The summed E-state index contributed by atoms with van der Waals surface area (Å²) in [5.74, 6) is 0.752. The summed E-state index contributed by atoms with van der Waals surface area (Å²) in [6, 6.07) is 0. The Balaban J connectivity index is 2.33. The molecule has 27 heavy (non-hydrogen) atoms. The van der Waals surface area contributed by atoms with Crippen LogP contribution in [-0.4, -0.2) is 27.7 Å². The molecule has 2 aliphatic carbocycles. The molecule has 0 saturated heterocycles. The van der Waals surface area contributed by atoms with Gasteiger partial charge in [-0.25, -0.2) is 0 Å². The molecule has 2 unspecified atom stereocenters. The number of Topliss-reactive ketones (excluding diaryl/α,β-unsaturated/α-hetero) is 2. The molecule has 0 aromatic heterocycles. The van der Waals surface area contributed by atoms with Gasteiger partial charge in [0.15, 0.2) is 0 Å². The van der Waals surface area contributed by atoms with Gasteiger partial charge in [-0.05, 0) is 37.8 Å². The lowest BCUT2D eigenvalue weighted by atomic mass is 9.88. The van der Waals surface area contributed by atoms with Gasteiger partial charge in [-0.2, -0.15) is 0 Å². The number of carbonyl (C=O) groups is 2. The predicted molar refractivity (Wildman–Crippen MR) is 118 cm³/mol. The van der Waals surface area contributed by atoms with Gasteiger partial charge < -0.3 is 4.74 Å². The Kier molecular flexibility index (Phi) is 7.48. The van der Waals surface area contributed by atoms with E-state index in [4.69, 9.17) is 4.74 Å². The highest BCUT2D eigenvalue weighted by Crippen LogP contribution is 2.32. The van der Waals surface area contributed by atoms with Crippen molar-refractivity contribution in [2.75, 3.05) is 0 Å². The average molecular weight is 407 g/mol. The van der Waals surface area contributed by atoms with E-state index in [9.17, 15) is 9.59 Å². The summed E-state index contributed by atoms with van der Waals surface area (Å²) in [6.45, 7) is 13.7. The predicted octanol–water partition coefficient (Wildman–Crippen LogP) is 6.04. The van der Waals surface area contributed by atoms with Gasteiger partial charge in [0.05, 0.1) is 10.8 Å². The summed E-state index contributed by atoms with van der Waals surface area (Å²) in [6.07, 6.45) is 11.9. The highest BCUT2D eigenvalue weighted by molar-refractivity contribution is 6.84. The molecule has 0 aromatic rings. The fraction of sp³-hybridized carbons (Fsp3) is 0.727. The zero-order valence-electron chi connectivity index (χ0n) is 18.2. The molecule has 2 rings (SSSR count). The van der Waals surface area contributed by atoms with Gasteiger partial charge >= 0.3 is 0 Å². The molecule has 5 heteroatoms. The van der Waals surface area contributed by atoms with Gasteiger partial charge in [-0.15, -0.1) is 0 Å². The third-order valence-electron chi connectivity index (χ3n) is 5.61. The van der Waals surface area contributed by atoms with Crippen LogP contribution in [0.2, 0.25) is 39.3 Å². The van der Waals surface area contributed by atoms with Gasteiger partial charge in [0.25, 0.3) is 0 Å². The van der Waals surface area contributed by atoms with Crippen molar-refractivity contribution in [3.8, 4) is 0 Å². The van der Waals surface area contributed by atoms with Gasteiger partial charge in [0, 0.05) is 24.7 Å². The molecular formula is C22H38O3Si2. The molecule has 0 aromatic carbocycles. The lowest BCUT2D eigenvalue weighted by molar-refractivity contribution is -0.123. The molecule has 3 nitrogen and oxygen atoms in total. The van der Waals surface area contributed by atoms with Crippen LogP contribution in [0.3, 0.4) is 0 Å². The van der Waals surface area contributed by atoms with Crippen molar-refractivity contribution in [3.63, 3.8) is 0 Å². The average Bonchev–Trinajstić information content (AvgIpc) is 2.55. The largest absolute Gasteiger partial charge is 0.477 e. The van der Waals surface area contributed by atoms with Crippen molar-refractivity contribution in [2.45, 2.75) is 90.6 Å². The zero-order valence-corrected chi connectivity index (χ0v) is 20.2. The van der Waals surface area contributed by atoms with Crippen molar-refractivity contribution in [1.29, 1.82) is 0 Å².